The predicted molar refractivity (Wildman–Crippen MR) is 108 cm³/mol. The van der Waals surface area contributed by atoms with Crippen molar-refractivity contribution in [1.82, 2.24) is 10.9 Å². The Bertz CT molecular complexity index is 841. The van der Waals surface area contributed by atoms with Crippen LogP contribution in [0.2, 0.25) is 15.1 Å². The number of hydrogen-bond acceptors (Lipinski definition) is 3. The van der Waals surface area contributed by atoms with E-state index in [4.69, 9.17) is 39.5 Å². The lowest BCUT2D eigenvalue weighted by Crippen LogP contribution is -2.40. The highest BCUT2D eigenvalue weighted by Crippen LogP contribution is 2.27. The van der Waals surface area contributed by atoms with Crippen molar-refractivity contribution in [3.63, 3.8) is 0 Å². The molecule has 0 radical (unpaired) electrons. The number of rotatable bonds is 7. The molecule has 0 bridgehead atoms. The van der Waals surface area contributed by atoms with Crippen molar-refractivity contribution in [2.45, 2.75) is 12.8 Å². The second-order valence-corrected chi connectivity index (χ2v) is 6.67. The number of carbonyl (C=O) groups excluding carboxylic acids is 2. The van der Waals surface area contributed by atoms with Crippen LogP contribution in [0.5, 0.6) is 5.75 Å². The Balaban J connectivity index is 1.65. The summed E-state index contributed by atoms with van der Waals surface area (Å²) in [5, 5.41) is 1.46. The van der Waals surface area contributed by atoms with E-state index in [1.165, 1.54) is 6.08 Å². The zero-order valence-corrected chi connectivity index (χ0v) is 16.4. The summed E-state index contributed by atoms with van der Waals surface area (Å²) in [5.74, 6) is -0.299. The third-order valence-corrected chi connectivity index (χ3v) is 4.22. The van der Waals surface area contributed by atoms with Crippen LogP contribution in [0.1, 0.15) is 18.4 Å². The van der Waals surface area contributed by atoms with Crippen LogP contribution < -0.4 is 15.6 Å². The van der Waals surface area contributed by atoms with Gasteiger partial charge in [0.25, 0.3) is 5.91 Å². The Hall–Kier alpha value is -2.21. The quantitative estimate of drug-likeness (QED) is 0.383. The molecule has 0 aromatic heterocycles. The minimum absolute atomic E-state index is 0.180. The fourth-order valence-corrected chi connectivity index (χ4v) is 2.68. The highest BCUT2D eigenvalue weighted by molar-refractivity contribution is 6.35. The molecule has 2 amide bonds. The van der Waals surface area contributed by atoms with Crippen molar-refractivity contribution in [3.8, 4) is 5.75 Å². The van der Waals surface area contributed by atoms with Crippen molar-refractivity contribution in [3.05, 3.63) is 69.2 Å². The third-order valence-electron chi connectivity index (χ3n) is 3.34. The van der Waals surface area contributed by atoms with E-state index in [1.807, 2.05) is 6.07 Å². The Morgan fingerprint density at radius 3 is 2.52 bits per heavy atom. The molecule has 0 aliphatic heterocycles. The Morgan fingerprint density at radius 2 is 1.78 bits per heavy atom. The molecule has 2 aromatic rings. The number of ether oxygens (including phenoxy) is 1. The molecule has 27 heavy (non-hydrogen) atoms. The molecule has 8 heteroatoms. The van der Waals surface area contributed by atoms with Crippen LogP contribution in [0.25, 0.3) is 6.08 Å². The molecule has 5 nitrogen and oxygen atoms in total. The molecule has 0 saturated heterocycles. The number of amides is 2. The van der Waals surface area contributed by atoms with E-state index in [2.05, 4.69) is 10.9 Å². The minimum Gasteiger partial charge on any atom is -0.492 e. The summed E-state index contributed by atoms with van der Waals surface area (Å²) in [5.41, 5.74) is 5.34. The normalized spacial score (nSPS) is 10.6. The summed E-state index contributed by atoms with van der Waals surface area (Å²) in [4.78, 5) is 23.4. The summed E-state index contributed by atoms with van der Waals surface area (Å²) in [7, 11) is 0. The maximum Gasteiger partial charge on any atom is 0.262 e. The van der Waals surface area contributed by atoms with Crippen LogP contribution in [-0.4, -0.2) is 18.4 Å². The Labute approximate surface area is 172 Å². The molecule has 2 N–H and O–H groups in total. The fourth-order valence-electron chi connectivity index (χ4n) is 2.02. The molecule has 0 aliphatic carbocycles. The van der Waals surface area contributed by atoms with Crippen LogP contribution >= 0.6 is 34.8 Å². The van der Waals surface area contributed by atoms with E-state index in [0.717, 1.165) is 0 Å². The fraction of sp³-hybridized carbons (Fsp3) is 0.158. The number of hydrazine groups is 1. The van der Waals surface area contributed by atoms with Gasteiger partial charge in [0, 0.05) is 22.5 Å². The van der Waals surface area contributed by atoms with E-state index in [0.29, 0.717) is 39.4 Å². The maximum absolute atomic E-state index is 11.7. The average molecular weight is 428 g/mol. The van der Waals surface area contributed by atoms with Crippen molar-refractivity contribution >= 4 is 52.7 Å². The van der Waals surface area contributed by atoms with Gasteiger partial charge >= 0.3 is 0 Å². The molecule has 2 rings (SSSR count). The van der Waals surface area contributed by atoms with Crippen molar-refractivity contribution in [2.24, 2.45) is 0 Å². The van der Waals surface area contributed by atoms with Gasteiger partial charge in [0.05, 0.1) is 11.6 Å². The van der Waals surface area contributed by atoms with Gasteiger partial charge in [0.2, 0.25) is 5.91 Å². The largest absolute Gasteiger partial charge is 0.492 e. The topological polar surface area (TPSA) is 67.4 Å². The zero-order chi connectivity index (χ0) is 19.6. The molecular formula is C19H17Cl3N2O3. The minimum atomic E-state index is -0.465. The smallest absolute Gasteiger partial charge is 0.262 e. The van der Waals surface area contributed by atoms with Gasteiger partial charge in [-0.2, -0.15) is 0 Å². The van der Waals surface area contributed by atoms with E-state index in [-0.39, 0.29) is 12.3 Å². The third kappa shape index (κ3) is 7.51. The number of halogens is 3. The SMILES string of the molecule is O=C(C=Cc1ccccc1Cl)NNC(=O)CCCOc1ccc(Cl)cc1Cl. The van der Waals surface area contributed by atoms with Crippen LogP contribution in [0.15, 0.2) is 48.5 Å². The molecule has 2 aromatic carbocycles. The van der Waals surface area contributed by atoms with E-state index in [1.54, 1.807) is 42.5 Å². The molecule has 0 aliphatic rings. The lowest BCUT2D eigenvalue weighted by atomic mass is 10.2. The van der Waals surface area contributed by atoms with Gasteiger partial charge in [-0.05, 0) is 42.3 Å². The molecule has 0 unspecified atom stereocenters. The van der Waals surface area contributed by atoms with Gasteiger partial charge in [-0.15, -0.1) is 0 Å². The van der Waals surface area contributed by atoms with Gasteiger partial charge in [0.1, 0.15) is 5.75 Å². The predicted octanol–water partition coefficient (Wildman–Crippen LogP) is 4.67. The monoisotopic (exact) mass is 426 g/mol. The standard InChI is InChI=1S/C19H17Cl3N2O3/c20-14-8-9-17(16(22)12-14)27-11-3-6-18(25)23-24-19(26)10-7-13-4-1-2-5-15(13)21/h1-2,4-5,7-10,12H,3,6,11H2,(H,23,25)(H,24,26). The maximum atomic E-state index is 11.7. The lowest BCUT2D eigenvalue weighted by molar-refractivity contribution is -0.126. The summed E-state index contributed by atoms with van der Waals surface area (Å²) >= 11 is 17.8. The number of carbonyl (C=O) groups is 2. The summed E-state index contributed by atoms with van der Waals surface area (Å²) < 4.78 is 5.48. The second kappa shape index (κ2) is 10.8. The van der Waals surface area contributed by atoms with E-state index >= 15 is 0 Å². The van der Waals surface area contributed by atoms with Crippen LogP contribution in [-0.2, 0) is 9.59 Å². The van der Waals surface area contributed by atoms with Gasteiger partial charge < -0.3 is 4.74 Å². The molecule has 0 atom stereocenters. The van der Waals surface area contributed by atoms with Gasteiger partial charge in [0.15, 0.2) is 0 Å². The number of benzene rings is 2. The summed E-state index contributed by atoms with van der Waals surface area (Å²) in [6.45, 7) is 0.301. The van der Waals surface area contributed by atoms with Crippen LogP contribution in [0.4, 0.5) is 0 Å². The molecular weight excluding hydrogens is 411 g/mol. The summed E-state index contributed by atoms with van der Waals surface area (Å²) in [6, 6.07) is 12.0. The van der Waals surface area contributed by atoms with E-state index < -0.39 is 5.91 Å². The van der Waals surface area contributed by atoms with Gasteiger partial charge in [-0.25, -0.2) is 0 Å². The second-order valence-electron chi connectivity index (χ2n) is 5.42. The Kier molecular flexibility index (Phi) is 8.45. The highest BCUT2D eigenvalue weighted by Gasteiger charge is 2.05. The number of hydrogen-bond donors (Lipinski definition) is 2. The van der Waals surface area contributed by atoms with Gasteiger partial charge in [-0.1, -0.05) is 53.0 Å². The first-order valence-electron chi connectivity index (χ1n) is 8.05. The van der Waals surface area contributed by atoms with Crippen LogP contribution in [0.3, 0.4) is 0 Å². The summed E-state index contributed by atoms with van der Waals surface area (Å²) in [6.07, 6.45) is 3.48. The first kappa shape index (κ1) is 21.1. The van der Waals surface area contributed by atoms with Crippen molar-refractivity contribution in [2.75, 3.05) is 6.61 Å². The van der Waals surface area contributed by atoms with Crippen molar-refractivity contribution in [1.29, 1.82) is 0 Å². The zero-order valence-electron chi connectivity index (χ0n) is 14.2. The van der Waals surface area contributed by atoms with E-state index in [9.17, 15) is 9.59 Å². The first-order valence-corrected chi connectivity index (χ1v) is 9.18. The molecule has 142 valence electrons. The Morgan fingerprint density at radius 1 is 1.00 bits per heavy atom. The average Bonchev–Trinajstić information content (AvgIpc) is 2.64. The molecule has 0 heterocycles. The molecule has 0 saturated carbocycles. The van der Waals surface area contributed by atoms with Crippen LogP contribution in [0, 0.1) is 0 Å². The van der Waals surface area contributed by atoms with Gasteiger partial charge in [-0.3, -0.25) is 20.4 Å². The molecule has 0 fully saturated rings. The van der Waals surface area contributed by atoms with Crippen molar-refractivity contribution < 1.29 is 14.3 Å². The first-order chi connectivity index (χ1) is 13.0. The molecule has 0 spiro atoms. The number of nitrogens with one attached hydrogen (secondary N) is 2. The highest BCUT2D eigenvalue weighted by atomic mass is 35.5. The lowest BCUT2D eigenvalue weighted by Gasteiger charge is -2.08.